The number of carbonyl (C=O) groups excluding carboxylic acids is 1. The van der Waals surface area contributed by atoms with Gasteiger partial charge in [-0.25, -0.2) is 0 Å². The van der Waals surface area contributed by atoms with Crippen LogP contribution in [0.3, 0.4) is 0 Å². The summed E-state index contributed by atoms with van der Waals surface area (Å²) < 4.78 is 11.1. The molecule has 0 atom stereocenters. The number of aryl methyl sites for hydroxylation is 1. The molecule has 1 N–H and O–H groups in total. The van der Waals surface area contributed by atoms with Crippen LogP contribution in [0.4, 0.5) is 11.4 Å². The van der Waals surface area contributed by atoms with Crippen molar-refractivity contribution in [3.63, 3.8) is 0 Å². The lowest BCUT2D eigenvalue weighted by molar-refractivity contribution is -0.113. The number of nitrogens with one attached hydrogen (secondary N) is 1. The van der Waals surface area contributed by atoms with E-state index < -0.39 is 0 Å². The number of rotatable bonds is 5. The lowest BCUT2D eigenvalue weighted by Gasteiger charge is -2.20. The van der Waals surface area contributed by atoms with E-state index in [2.05, 4.69) is 29.3 Å². The Morgan fingerprint density at radius 2 is 1.85 bits per heavy atom. The number of amides is 1. The number of carbonyl (C=O) groups is 1. The van der Waals surface area contributed by atoms with Gasteiger partial charge >= 0.3 is 0 Å². The van der Waals surface area contributed by atoms with Gasteiger partial charge in [0.15, 0.2) is 11.5 Å². The zero-order chi connectivity index (χ0) is 18.6. The molecule has 1 amide bonds. The van der Waals surface area contributed by atoms with Crippen LogP contribution in [-0.2, 0) is 4.79 Å². The zero-order valence-electron chi connectivity index (χ0n) is 15.5. The van der Waals surface area contributed by atoms with Gasteiger partial charge in [0.1, 0.15) is 13.2 Å². The lowest BCUT2D eigenvalue weighted by atomic mass is 10.1. The Balaban J connectivity index is 1.33. The Labute approximate surface area is 164 Å². The smallest absolute Gasteiger partial charge is 0.234 e. The monoisotopic (exact) mass is 384 g/mol. The summed E-state index contributed by atoms with van der Waals surface area (Å²) in [6.07, 6.45) is 2.52. The highest BCUT2D eigenvalue weighted by Gasteiger charge is 2.15. The van der Waals surface area contributed by atoms with Gasteiger partial charge in [0.05, 0.1) is 5.75 Å². The Morgan fingerprint density at radius 3 is 2.63 bits per heavy atom. The minimum absolute atomic E-state index is 0.0109. The van der Waals surface area contributed by atoms with Gasteiger partial charge in [-0.2, -0.15) is 0 Å². The molecule has 142 valence electrons. The number of ether oxygens (including phenoxy) is 2. The van der Waals surface area contributed by atoms with E-state index in [1.165, 1.54) is 35.9 Å². The fraction of sp³-hybridized carbons (Fsp3) is 0.381. The van der Waals surface area contributed by atoms with Crippen molar-refractivity contribution in [3.05, 3.63) is 42.0 Å². The molecule has 2 aromatic carbocycles. The summed E-state index contributed by atoms with van der Waals surface area (Å²) in [5.41, 5.74) is 3.33. The van der Waals surface area contributed by atoms with Crippen molar-refractivity contribution < 1.29 is 14.3 Å². The number of nitrogens with zero attached hydrogens (tertiary/aromatic N) is 1. The van der Waals surface area contributed by atoms with E-state index in [1.54, 1.807) is 0 Å². The maximum absolute atomic E-state index is 12.3. The summed E-state index contributed by atoms with van der Waals surface area (Å²) >= 11 is 1.49. The molecule has 5 nitrogen and oxygen atoms in total. The summed E-state index contributed by atoms with van der Waals surface area (Å²) in [5, 5.41) is 3.00. The predicted molar refractivity (Wildman–Crippen MR) is 109 cm³/mol. The van der Waals surface area contributed by atoms with Gasteiger partial charge in [-0.3, -0.25) is 4.79 Å². The van der Waals surface area contributed by atoms with Gasteiger partial charge in [-0.1, -0.05) is 0 Å². The normalized spacial score (nSPS) is 15.7. The quantitative estimate of drug-likeness (QED) is 0.787. The van der Waals surface area contributed by atoms with E-state index in [0.29, 0.717) is 19.0 Å². The molecule has 27 heavy (non-hydrogen) atoms. The molecule has 0 radical (unpaired) electrons. The van der Waals surface area contributed by atoms with E-state index in [9.17, 15) is 4.79 Å². The first-order valence-corrected chi connectivity index (χ1v) is 10.4. The Bertz CT molecular complexity index is 834. The van der Waals surface area contributed by atoms with Gasteiger partial charge in [-0.15, -0.1) is 11.8 Å². The van der Waals surface area contributed by atoms with Crippen LogP contribution >= 0.6 is 11.8 Å². The second-order valence-corrected chi connectivity index (χ2v) is 7.89. The molecule has 2 heterocycles. The highest BCUT2D eigenvalue weighted by molar-refractivity contribution is 8.00. The largest absolute Gasteiger partial charge is 0.486 e. The third-order valence-electron chi connectivity index (χ3n) is 4.81. The standard InChI is InChI=1S/C21H24N2O3S/c1-15-12-16(4-6-18(15)23-8-2-3-9-23)22-21(24)14-27-17-5-7-19-20(13-17)26-11-10-25-19/h4-7,12-13H,2-3,8-11,14H2,1H3,(H,22,24). The summed E-state index contributed by atoms with van der Waals surface area (Å²) in [6.45, 7) is 5.50. The molecular weight excluding hydrogens is 360 g/mol. The molecule has 0 spiro atoms. The van der Waals surface area contributed by atoms with E-state index in [0.717, 1.165) is 35.2 Å². The third kappa shape index (κ3) is 4.33. The molecule has 0 saturated carbocycles. The molecule has 1 fully saturated rings. The SMILES string of the molecule is Cc1cc(NC(=O)CSc2ccc3c(c2)OCCO3)ccc1N1CCCC1. The highest BCUT2D eigenvalue weighted by atomic mass is 32.2. The molecular formula is C21H24N2O3S. The number of hydrogen-bond acceptors (Lipinski definition) is 5. The molecule has 2 aliphatic rings. The van der Waals surface area contributed by atoms with Crippen molar-refractivity contribution in [2.24, 2.45) is 0 Å². The van der Waals surface area contributed by atoms with Crippen LogP contribution in [0.15, 0.2) is 41.3 Å². The van der Waals surface area contributed by atoms with Gasteiger partial charge < -0.3 is 19.7 Å². The van der Waals surface area contributed by atoms with Crippen LogP contribution in [-0.4, -0.2) is 38.0 Å². The van der Waals surface area contributed by atoms with Crippen molar-refractivity contribution in [2.75, 3.05) is 42.3 Å². The summed E-state index contributed by atoms with van der Waals surface area (Å²) in [6, 6.07) is 12.0. The van der Waals surface area contributed by atoms with E-state index in [4.69, 9.17) is 9.47 Å². The van der Waals surface area contributed by atoms with E-state index >= 15 is 0 Å². The molecule has 6 heteroatoms. The van der Waals surface area contributed by atoms with E-state index in [-0.39, 0.29) is 5.91 Å². The van der Waals surface area contributed by atoms with Gasteiger partial charge in [-0.05, 0) is 61.7 Å². The average molecular weight is 385 g/mol. The number of fused-ring (bicyclic) bond motifs is 1. The second-order valence-electron chi connectivity index (χ2n) is 6.84. The van der Waals surface area contributed by atoms with Gasteiger partial charge in [0, 0.05) is 29.4 Å². The van der Waals surface area contributed by atoms with Crippen LogP contribution in [0.25, 0.3) is 0 Å². The second kappa shape index (κ2) is 8.13. The van der Waals surface area contributed by atoms with Crippen LogP contribution < -0.4 is 19.7 Å². The highest BCUT2D eigenvalue weighted by Crippen LogP contribution is 2.34. The minimum atomic E-state index is -0.0109. The Hall–Kier alpha value is -2.34. The Morgan fingerprint density at radius 1 is 1.07 bits per heavy atom. The first kappa shape index (κ1) is 18.0. The lowest BCUT2D eigenvalue weighted by Crippen LogP contribution is -2.19. The first-order chi connectivity index (χ1) is 13.2. The van der Waals surface area contributed by atoms with Gasteiger partial charge in [0.2, 0.25) is 5.91 Å². The average Bonchev–Trinajstić information content (AvgIpc) is 3.21. The van der Waals surface area contributed by atoms with Crippen LogP contribution in [0.5, 0.6) is 11.5 Å². The van der Waals surface area contributed by atoms with Crippen molar-refractivity contribution >= 4 is 29.0 Å². The third-order valence-corrected chi connectivity index (χ3v) is 5.80. The molecule has 1 saturated heterocycles. The van der Waals surface area contributed by atoms with Crippen LogP contribution in [0.1, 0.15) is 18.4 Å². The van der Waals surface area contributed by atoms with Crippen LogP contribution in [0, 0.1) is 6.92 Å². The van der Waals surface area contributed by atoms with Crippen molar-refractivity contribution in [2.45, 2.75) is 24.7 Å². The first-order valence-electron chi connectivity index (χ1n) is 9.37. The zero-order valence-corrected chi connectivity index (χ0v) is 16.3. The van der Waals surface area contributed by atoms with Crippen LogP contribution in [0.2, 0.25) is 0 Å². The topological polar surface area (TPSA) is 50.8 Å². The summed E-state index contributed by atoms with van der Waals surface area (Å²) in [4.78, 5) is 15.7. The minimum Gasteiger partial charge on any atom is -0.486 e. The summed E-state index contributed by atoms with van der Waals surface area (Å²) in [5.74, 6) is 1.86. The number of anilines is 2. The molecule has 0 unspecified atom stereocenters. The fourth-order valence-electron chi connectivity index (χ4n) is 3.51. The number of hydrogen-bond donors (Lipinski definition) is 1. The molecule has 2 aromatic rings. The maximum Gasteiger partial charge on any atom is 0.234 e. The van der Waals surface area contributed by atoms with Gasteiger partial charge in [0.25, 0.3) is 0 Å². The molecule has 0 bridgehead atoms. The fourth-order valence-corrected chi connectivity index (χ4v) is 4.23. The van der Waals surface area contributed by atoms with E-state index in [1.807, 2.05) is 24.3 Å². The molecule has 0 aromatic heterocycles. The maximum atomic E-state index is 12.3. The predicted octanol–water partition coefficient (Wildman–Crippen LogP) is 4.10. The molecule has 0 aliphatic carbocycles. The van der Waals surface area contributed by atoms with Crippen molar-refractivity contribution in [1.82, 2.24) is 0 Å². The number of thioether (sulfide) groups is 1. The number of benzene rings is 2. The van der Waals surface area contributed by atoms with Crippen molar-refractivity contribution in [3.8, 4) is 11.5 Å². The molecule has 2 aliphatic heterocycles. The van der Waals surface area contributed by atoms with Crippen molar-refractivity contribution in [1.29, 1.82) is 0 Å². The summed E-state index contributed by atoms with van der Waals surface area (Å²) in [7, 11) is 0. The Kier molecular flexibility index (Phi) is 5.43. The molecule has 4 rings (SSSR count).